The lowest BCUT2D eigenvalue weighted by Crippen LogP contribution is -1.98. The van der Waals surface area contributed by atoms with E-state index in [1.165, 1.54) is 0 Å². The number of pyridine rings is 1. The highest BCUT2D eigenvalue weighted by Crippen LogP contribution is 2.27. The van der Waals surface area contributed by atoms with Crippen molar-refractivity contribution in [3.05, 3.63) is 125 Å². The van der Waals surface area contributed by atoms with E-state index in [4.69, 9.17) is 16.3 Å². The van der Waals surface area contributed by atoms with Gasteiger partial charge in [0.05, 0.1) is 16.9 Å². The van der Waals surface area contributed by atoms with Crippen LogP contribution in [0.4, 0.5) is 0 Å². The molecule has 0 saturated carbocycles. The van der Waals surface area contributed by atoms with E-state index in [0.29, 0.717) is 11.6 Å². The quantitative estimate of drug-likeness (QED) is 0.298. The summed E-state index contributed by atoms with van der Waals surface area (Å²) in [7, 11) is 0. The van der Waals surface area contributed by atoms with Gasteiger partial charge in [-0.05, 0) is 59.7 Å². The van der Waals surface area contributed by atoms with Gasteiger partial charge in [0.2, 0.25) is 0 Å². The highest BCUT2D eigenvalue weighted by atomic mass is 35.5. The van der Waals surface area contributed by atoms with Crippen molar-refractivity contribution >= 4 is 34.2 Å². The molecule has 5 heteroatoms. The molecule has 0 saturated heterocycles. The van der Waals surface area contributed by atoms with Gasteiger partial charge in [0.25, 0.3) is 0 Å². The third kappa shape index (κ3) is 4.56. The summed E-state index contributed by atoms with van der Waals surface area (Å²) in [4.78, 5) is 4.67. The summed E-state index contributed by atoms with van der Waals surface area (Å²) in [6.07, 6.45) is 3.86. The predicted octanol–water partition coefficient (Wildman–Crippen LogP) is 6.78. The third-order valence-electron chi connectivity index (χ3n) is 5.18. The Hall–Kier alpha value is -3.89. The van der Waals surface area contributed by atoms with E-state index < -0.39 is 0 Å². The molecule has 3 aromatic carbocycles. The monoisotopic (exact) mass is 437 g/mol. The van der Waals surface area contributed by atoms with Crippen LogP contribution in [0.2, 0.25) is 5.02 Å². The molecule has 156 valence electrons. The number of ether oxygens (including phenoxy) is 1. The number of halogens is 1. The summed E-state index contributed by atoms with van der Waals surface area (Å²) in [5.74, 6) is 0.791. The topological polar surface area (TPSA) is 50.8 Å². The van der Waals surface area contributed by atoms with Gasteiger partial charge in [0.15, 0.2) is 0 Å². The lowest BCUT2D eigenvalue weighted by molar-refractivity contribution is 0.302. The number of nitrogens with zero attached hydrogens (tertiary/aromatic N) is 2. The lowest BCUT2D eigenvalue weighted by Gasteiger charge is -2.10. The number of aromatic amines is 1. The number of fused-ring (bicyclic) bond motifs is 1. The van der Waals surface area contributed by atoms with E-state index in [9.17, 15) is 0 Å². The van der Waals surface area contributed by atoms with Crippen LogP contribution in [0.15, 0.2) is 97.2 Å². The first-order valence-corrected chi connectivity index (χ1v) is 10.7. The van der Waals surface area contributed by atoms with Crippen LogP contribution in [0.25, 0.3) is 22.6 Å². The zero-order valence-corrected chi connectivity index (χ0v) is 18.0. The highest BCUT2D eigenvalue weighted by molar-refractivity contribution is 6.30. The second-order valence-corrected chi connectivity index (χ2v) is 7.82. The fourth-order valence-electron chi connectivity index (χ4n) is 3.52. The van der Waals surface area contributed by atoms with Gasteiger partial charge in [-0.1, -0.05) is 60.1 Å². The number of benzene rings is 3. The van der Waals surface area contributed by atoms with Crippen molar-refractivity contribution in [2.24, 2.45) is 0 Å². The van der Waals surface area contributed by atoms with Crippen molar-refractivity contribution < 1.29 is 4.74 Å². The van der Waals surface area contributed by atoms with Crippen LogP contribution in [0.1, 0.15) is 22.5 Å². The van der Waals surface area contributed by atoms with E-state index >= 15 is 0 Å². The van der Waals surface area contributed by atoms with Crippen LogP contribution < -0.4 is 4.74 Å². The van der Waals surface area contributed by atoms with Crippen molar-refractivity contribution in [1.29, 1.82) is 0 Å². The first-order chi connectivity index (χ1) is 15.7. The van der Waals surface area contributed by atoms with Crippen molar-refractivity contribution in [3.8, 4) is 5.75 Å². The molecule has 5 rings (SSSR count). The summed E-state index contributed by atoms with van der Waals surface area (Å²) < 4.78 is 5.98. The number of nitrogens with one attached hydrogen (secondary N) is 1. The minimum atomic E-state index is 0.415. The van der Waals surface area contributed by atoms with Crippen LogP contribution in [0, 0.1) is 0 Å². The molecule has 0 bridgehead atoms. The number of rotatable bonds is 6. The molecule has 0 radical (unpaired) electrons. The van der Waals surface area contributed by atoms with Crippen molar-refractivity contribution in [3.63, 3.8) is 0 Å². The molecule has 1 N–H and O–H groups in total. The molecule has 0 unspecified atom stereocenters. The van der Waals surface area contributed by atoms with E-state index in [-0.39, 0.29) is 0 Å². The number of para-hydroxylation sites is 1. The Balaban J connectivity index is 1.36. The minimum absolute atomic E-state index is 0.415. The standard InChI is InChI=1S/C27H20ClN3O/c28-22-10-5-19(6-11-22)17-25(27-15-16-29-31-27)20-8-13-24(14-9-20)32-18-23-12-7-21-3-1-2-4-26(21)30-23/h1-17H,18H2,(H,29,31)/b25-17-. The maximum atomic E-state index is 6.03. The zero-order chi connectivity index (χ0) is 21.8. The van der Waals surface area contributed by atoms with E-state index in [0.717, 1.165) is 44.7 Å². The van der Waals surface area contributed by atoms with E-state index in [1.807, 2.05) is 78.9 Å². The highest BCUT2D eigenvalue weighted by Gasteiger charge is 2.08. The number of aromatic nitrogens is 3. The fraction of sp³-hybridized carbons (Fsp3) is 0.0370. The number of H-pyrrole nitrogens is 1. The van der Waals surface area contributed by atoms with Gasteiger partial charge < -0.3 is 4.74 Å². The summed E-state index contributed by atoms with van der Waals surface area (Å²) >= 11 is 6.03. The van der Waals surface area contributed by atoms with Crippen LogP contribution in [-0.4, -0.2) is 15.2 Å². The molecule has 0 aliphatic carbocycles. The Morgan fingerprint density at radius 2 is 1.69 bits per heavy atom. The largest absolute Gasteiger partial charge is 0.487 e. The lowest BCUT2D eigenvalue weighted by atomic mass is 10.00. The Kier molecular flexibility index (Phi) is 5.69. The van der Waals surface area contributed by atoms with E-state index in [2.05, 4.69) is 33.4 Å². The van der Waals surface area contributed by atoms with Crippen LogP contribution in [-0.2, 0) is 6.61 Å². The van der Waals surface area contributed by atoms with Crippen LogP contribution in [0.5, 0.6) is 5.75 Å². The van der Waals surface area contributed by atoms with Gasteiger partial charge in [-0.25, -0.2) is 4.98 Å². The smallest absolute Gasteiger partial charge is 0.130 e. The zero-order valence-electron chi connectivity index (χ0n) is 17.2. The van der Waals surface area contributed by atoms with Gasteiger partial charge in [-0.3, -0.25) is 5.10 Å². The average Bonchev–Trinajstić information content (AvgIpc) is 3.37. The predicted molar refractivity (Wildman–Crippen MR) is 130 cm³/mol. The second-order valence-electron chi connectivity index (χ2n) is 7.39. The fourth-order valence-corrected chi connectivity index (χ4v) is 3.65. The normalized spacial score (nSPS) is 11.6. The first kappa shape index (κ1) is 20.0. The SMILES string of the molecule is Clc1ccc(/C=C(/c2ccc(OCc3ccc4ccccc4n3)cc2)c2ccn[nH]2)cc1. The van der Waals surface area contributed by atoms with Gasteiger partial charge in [-0.15, -0.1) is 0 Å². The molecule has 0 atom stereocenters. The molecule has 5 aromatic rings. The van der Waals surface area contributed by atoms with Gasteiger partial charge >= 0.3 is 0 Å². The molecule has 0 fully saturated rings. The molecule has 0 spiro atoms. The molecule has 2 aromatic heterocycles. The molecule has 0 amide bonds. The second kappa shape index (κ2) is 9.08. The third-order valence-corrected chi connectivity index (χ3v) is 5.43. The van der Waals surface area contributed by atoms with Gasteiger partial charge in [0, 0.05) is 22.2 Å². The molecule has 2 heterocycles. The molecule has 32 heavy (non-hydrogen) atoms. The summed E-state index contributed by atoms with van der Waals surface area (Å²) in [6.45, 7) is 0.415. The number of hydrogen-bond acceptors (Lipinski definition) is 3. The molecular weight excluding hydrogens is 418 g/mol. The Bertz CT molecular complexity index is 1360. The Labute approximate surface area is 191 Å². The average molecular weight is 438 g/mol. The minimum Gasteiger partial charge on any atom is -0.487 e. The summed E-state index contributed by atoms with van der Waals surface area (Å²) in [5.41, 5.74) is 5.96. The molecular formula is C27H20ClN3O. The molecule has 0 aliphatic heterocycles. The molecule has 4 nitrogen and oxygen atoms in total. The maximum Gasteiger partial charge on any atom is 0.130 e. The van der Waals surface area contributed by atoms with Crippen molar-refractivity contribution in [1.82, 2.24) is 15.2 Å². The van der Waals surface area contributed by atoms with Crippen LogP contribution in [0.3, 0.4) is 0 Å². The summed E-state index contributed by atoms with van der Waals surface area (Å²) in [6, 6.07) is 29.9. The van der Waals surface area contributed by atoms with E-state index in [1.54, 1.807) is 6.20 Å². The van der Waals surface area contributed by atoms with Crippen LogP contribution >= 0.6 is 11.6 Å². The Morgan fingerprint density at radius 1 is 0.875 bits per heavy atom. The Morgan fingerprint density at radius 3 is 2.47 bits per heavy atom. The van der Waals surface area contributed by atoms with Gasteiger partial charge in [-0.2, -0.15) is 5.10 Å². The van der Waals surface area contributed by atoms with Crippen molar-refractivity contribution in [2.75, 3.05) is 0 Å². The maximum absolute atomic E-state index is 6.03. The molecule has 0 aliphatic rings. The van der Waals surface area contributed by atoms with Crippen molar-refractivity contribution in [2.45, 2.75) is 6.61 Å². The first-order valence-electron chi connectivity index (χ1n) is 10.3. The summed E-state index contributed by atoms with van der Waals surface area (Å²) in [5, 5.41) is 9.01. The van der Waals surface area contributed by atoms with Gasteiger partial charge in [0.1, 0.15) is 12.4 Å². The number of hydrogen-bond donors (Lipinski definition) is 1.